The highest BCUT2D eigenvalue weighted by Gasteiger charge is 2.09. The monoisotopic (exact) mass is 181 g/mol. The van der Waals surface area contributed by atoms with E-state index in [1.54, 1.807) is 13.0 Å². The van der Waals surface area contributed by atoms with E-state index in [-0.39, 0.29) is 0 Å². The van der Waals surface area contributed by atoms with Crippen LogP contribution in [-0.2, 0) is 4.74 Å². The molecule has 1 heterocycles. The SMILES string of the molecule is Cc1c[c]nn1C(=O)OCC(C)C. The van der Waals surface area contributed by atoms with E-state index in [0.717, 1.165) is 5.69 Å². The highest BCUT2D eigenvalue weighted by Crippen LogP contribution is 1.99. The minimum Gasteiger partial charge on any atom is -0.448 e. The Bertz CT molecular complexity index is 292. The lowest BCUT2D eigenvalue weighted by Gasteiger charge is -2.07. The summed E-state index contributed by atoms with van der Waals surface area (Å²) < 4.78 is 6.17. The molecule has 1 aromatic rings. The molecular formula is C9H13N2O2. The van der Waals surface area contributed by atoms with Crippen molar-refractivity contribution in [1.29, 1.82) is 0 Å². The molecule has 13 heavy (non-hydrogen) atoms. The Balaban J connectivity index is 2.54. The van der Waals surface area contributed by atoms with Gasteiger partial charge in [-0.1, -0.05) is 13.8 Å². The third kappa shape index (κ3) is 2.57. The van der Waals surface area contributed by atoms with Crippen molar-refractivity contribution < 1.29 is 9.53 Å². The van der Waals surface area contributed by atoms with Crippen LogP contribution in [0.3, 0.4) is 0 Å². The Morgan fingerprint density at radius 3 is 2.92 bits per heavy atom. The summed E-state index contributed by atoms with van der Waals surface area (Å²) in [6, 6.07) is 1.64. The van der Waals surface area contributed by atoms with Gasteiger partial charge >= 0.3 is 6.09 Å². The molecule has 0 saturated carbocycles. The Morgan fingerprint density at radius 2 is 2.46 bits per heavy atom. The van der Waals surface area contributed by atoms with Gasteiger partial charge in [-0.05, 0) is 18.9 Å². The second-order valence-electron chi connectivity index (χ2n) is 3.30. The molecule has 0 bridgehead atoms. The minimum atomic E-state index is -0.438. The van der Waals surface area contributed by atoms with Crippen LogP contribution in [0.5, 0.6) is 0 Å². The second kappa shape index (κ2) is 4.07. The van der Waals surface area contributed by atoms with Gasteiger partial charge in [0.1, 0.15) is 6.20 Å². The first-order chi connectivity index (χ1) is 6.11. The summed E-state index contributed by atoms with van der Waals surface area (Å²) >= 11 is 0. The highest BCUT2D eigenvalue weighted by atomic mass is 16.6. The molecule has 0 unspecified atom stereocenters. The molecular weight excluding hydrogens is 168 g/mol. The first kappa shape index (κ1) is 9.77. The summed E-state index contributed by atoms with van der Waals surface area (Å²) in [6.45, 7) is 6.16. The van der Waals surface area contributed by atoms with E-state index in [1.807, 2.05) is 13.8 Å². The van der Waals surface area contributed by atoms with E-state index in [1.165, 1.54) is 4.68 Å². The van der Waals surface area contributed by atoms with Crippen molar-refractivity contribution in [2.75, 3.05) is 6.61 Å². The number of hydrogen-bond acceptors (Lipinski definition) is 3. The summed E-state index contributed by atoms with van der Waals surface area (Å²) in [5.41, 5.74) is 0.730. The summed E-state index contributed by atoms with van der Waals surface area (Å²) in [6.07, 6.45) is 2.14. The van der Waals surface area contributed by atoms with Crippen LogP contribution in [0.15, 0.2) is 6.07 Å². The maximum atomic E-state index is 11.3. The van der Waals surface area contributed by atoms with Crippen molar-refractivity contribution in [3.8, 4) is 0 Å². The fourth-order valence-electron chi connectivity index (χ4n) is 0.804. The first-order valence-corrected chi connectivity index (χ1v) is 4.21. The number of ether oxygens (including phenoxy) is 1. The normalized spacial score (nSPS) is 10.5. The summed E-state index contributed by atoms with van der Waals surface area (Å²) in [4.78, 5) is 11.3. The lowest BCUT2D eigenvalue weighted by atomic mass is 10.2. The third-order valence-electron chi connectivity index (χ3n) is 1.48. The predicted octanol–water partition coefficient (Wildman–Crippen LogP) is 1.63. The molecule has 71 valence electrons. The van der Waals surface area contributed by atoms with Crippen LogP contribution >= 0.6 is 0 Å². The third-order valence-corrected chi connectivity index (χ3v) is 1.48. The number of carbonyl (C=O) groups is 1. The molecule has 0 aliphatic rings. The van der Waals surface area contributed by atoms with Gasteiger partial charge in [0.05, 0.1) is 6.61 Å². The van der Waals surface area contributed by atoms with E-state index in [0.29, 0.717) is 12.5 Å². The topological polar surface area (TPSA) is 44.1 Å². The fraction of sp³-hybridized carbons (Fsp3) is 0.556. The molecule has 1 aromatic heterocycles. The summed E-state index contributed by atoms with van der Waals surface area (Å²) in [5, 5.41) is 3.71. The van der Waals surface area contributed by atoms with Gasteiger partial charge in [-0.15, -0.1) is 0 Å². The molecule has 1 radical (unpaired) electrons. The zero-order valence-corrected chi connectivity index (χ0v) is 8.07. The summed E-state index contributed by atoms with van der Waals surface area (Å²) in [5.74, 6) is 0.337. The molecule has 0 aliphatic carbocycles. The Kier molecular flexibility index (Phi) is 3.06. The van der Waals surface area contributed by atoms with Crippen molar-refractivity contribution in [3.05, 3.63) is 18.0 Å². The highest BCUT2D eigenvalue weighted by molar-refractivity contribution is 5.69. The molecule has 0 amide bonds. The quantitative estimate of drug-likeness (QED) is 0.696. The van der Waals surface area contributed by atoms with Crippen molar-refractivity contribution in [3.63, 3.8) is 0 Å². The maximum absolute atomic E-state index is 11.3. The molecule has 0 saturated heterocycles. The van der Waals surface area contributed by atoms with Gasteiger partial charge in [-0.25, -0.2) is 4.79 Å². The van der Waals surface area contributed by atoms with Gasteiger partial charge < -0.3 is 4.74 Å². The van der Waals surface area contributed by atoms with Gasteiger partial charge in [0.25, 0.3) is 0 Å². The molecule has 0 N–H and O–H groups in total. The van der Waals surface area contributed by atoms with Crippen molar-refractivity contribution >= 4 is 6.09 Å². The lowest BCUT2D eigenvalue weighted by Crippen LogP contribution is -2.18. The number of aromatic nitrogens is 2. The Morgan fingerprint density at radius 1 is 1.77 bits per heavy atom. The van der Waals surface area contributed by atoms with Crippen LogP contribution in [0.25, 0.3) is 0 Å². The van der Waals surface area contributed by atoms with Crippen LogP contribution in [0.2, 0.25) is 0 Å². The molecule has 0 spiro atoms. The van der Waals surface area contributed by atoms with E-state index in [2.05, 4.69) is 11.3 Å². The average Bonchev–Trinajstić information content (AvgIpc) is 2.47. The van der Waals surface area contributed by atoms with Gasteiger partial charge in [0.2, 0.25) is 0 Å². The Hall–Kier alpha value is -1.32. The van der Waals surface area contributed by atoms with Gasteiger partial charge in [-0.3, -0.25) is 0 Å². The zero-order valence-electron chi connectivity index (χ0n) is 8.07. The van der Waals surface area contributed by atoms with Crippen LogP contribution in [-0.4, -0.2) is 22.5 Å². The molecule has 0 aromatic carbocycles. The lowest BCUT2D eigenvalue weighted by molar-refractivity contribution is 0.131. The second-order valence-corrected chi connectivity index (χ2v) is 3.30. The van der Waals surface area contributed by atoms with Gasteiger partial charge in [-0.2, -0.15) is 9.78 Å². The van der Waals surface area contributed by atoms with Crippen molar-refractivity contribution in [2.45, 2.75) is 20.8 Å². The predicted molar refractivity (Wildman–Crippen MR) is 47.4 cm³/mol. The molecule has 0 atom stereocenters. The van der Waals surface area contributed by atoms with Crippen molar-refractivity contribution in [1.82, 2.24) is 9.78 Å². The smallest absolute Gasteiger partial charge is 0.434 e. The van der Waals surface area contributed by atoms with E-state index in [9.17, 15) is 4.79 Å². The summed E-state index contributed by atoms with van der Waals surface area (Å²) in [7, 11) is 0. The number of rotatable bonds is 2. The first-order valence-electron chi connectivity index (χ1n) is 4.21. The Labute approximate surface area is 77.5 Å². The fourth-order valence-corrected chi connectivity index (χ4v) is 0.804. The average molecular weight is 181 g/mol. The van der Waals surface area contributed by atoms with E-state index >= 15 is 0 Å². The zero-order chi connectivity index (χ0) is 9.84. The van der Waals surface area contributed by atoms with Crippen LogP contribution in [0.4, 0.5) is 4.79 Å². The number of nitrogens with zero attached hydrogens (tertiary/aromatic N) is 2. The molecule has 4 nitrogen and oxygen atoms in total. The molecule has 1 rings (SSSR count). The molecule has 0 fully saturated rings. The van der Waals surface area contributed by atoms with Crippen molar-refractivity contribution in [2.24, 2.45) is 5.92 Å². The maximum Gasteiger partial charge on any atom is 0.434 e. The van der Waals surface area contributed by atoms with E-state index < -0.39 is 6.09 Å². The number of aryl methyl sites for hydroxylation is 1. The van der Waals surface area contributed by atoms with Crippen LogP contribution < -0.4 is 0 Å². The van der Waals surface area contributed by atoms with Gasteiger partial charge in [0.15, 0.2) is 0 Å². The van der Waals surface area contributed by atoms with Crippen LogP contribution in [0.1, 0.15) is 19.5 Å². The van der Waals surface area contributed by atoms with E-state index in [4.69, 9.17) is 4.74 Å². The van der Waals surface area contributed by atoms with Crippen LogP contribution in [0, 0.1) is 19.0 Å². The number of hydrogen-bond donors (Lipinski definition) is 0. The molecule has 4 heteroatoms. The minimum absolute atomic E-state index is 0.337. The standard InChI is InChI=1S/C9H13N2O2/c1-7(2)6-13-9(12)11-8(3)4-5-10-11/h4,7H,6H2,1-3H3. The largest absolute Gasteiger partial charge is 0.448 e. The molecule has 0 aliphatic heterocycles. The van der Waals surface area contributed by atoms with Gasteiger partial charge in [0, 0.05) is 5.69 Å². The number of carbonyl (C=O) groups excluding carboxylic acids is 1.